The monoisotopic (exact) mass is 647 g/mol. The lowest BCUT2D eigenvalue weighted by atomic mass is 10.00. The maximum atomic E-state index is 13.9. The lowest BCUT2D eigenvalue weighted by molar-refractivity contribution is -0.138. The van der Waals surface area contributed by atoms with E-state index in [9.17, 15) is 24.6 Å². The molecule has 13 heteroatoms. The van der Waals surface area contributed by atoms with Crippen LogP contribution in [0.15, 0.2) is 41.3 Å². The molecule has 0 spiro atoms. The number of hydrogen-bond acceptors (Lipinski definition) is 9. The number of Topliss-reactive ketones (excluding diaryl/α,β-unsaturated/α-hetero) is 1. The number of halogens is 1. The summed E-state index contributed by atoms with van der Waals surface area (Å²) in [5, 5.41) is 27.8. The van der Waals surface area contributed by atoms with Crippen LogP contribution < -0.4 is 5.32 Å². The molecular formula is C30H30BrN7O5. The number of pyridine rings is 1. The summed E-state index contributed by atoms with van der Waals surface area (Å²) in [5.41, 5.74) is 3.20. The molecule has 1 aliphatic heterocycles. The normalized spacial score (nSPS) is 20.7. The van der Waals surface area contributed by atoms with Crippen molar-refractivity contribution in [3.63, 3.8) is 0 Å². The van der Waals surface area contributed by atoms with Crippen LogP contribution in [0.4, 0.5) is 5.82 Å². The third-order valence-electron chi connectivity index (χ3n) is 8.45. The largest absolute Gasteiger partial charge is 0.396 e. The summed E-state index contributed by atoms with van der Waals surface area (Å²) in [6.45, 7) is 4.46. The molecule has 3 aromatic heterocycles. The number of hydrogen-bond donors (Lipinski definition) is 3. The van der Waals surface area contributed by atoms with Crippen molar-refractivity contribution in [3.05, 3.63) is 63.9 Å². The summed E-state index contributed by atoms with van der Waals surface area (Å²) < 4.78 is 2.00. The number of fused-ring (bicyclic) bond motifs is 2. The van der Waals surface area contributed by atoms with Gasteiger partial charge in [-0.2, -0.15) is 5.10 Å². The summed E-state index contributed by atoms with van der Waals surface area (Å²) in [7, 11) is 0. The smallest absolute Gasteiger partial charge is 0.248 e. The van der Waals surface area contributed by atoms with E-state index in [1.807, 2.05) is 19.1 Å². The third kappa shape index (κ3) is 5.11. The average molecular weight is 649 g/mol. The van der Waals surface area contributed by atoms with Crippen LogP contribution in [0.25, 0.3) is 22.0 Å². The van der Waals surface area contributed by atoms with Crippen LogP contribution in [0, 0.1) is 19.3 Å². The Morgan fingerprint density at radius 2 is 1.84 bits per heavy atom. The number of amides is 2. The van der Waals surface area contributed by atoms with Gasteiger partial charge in [-0.1, -0.05) is 6.07 Å². The van der Waals surface area contributed by atoms with Crippen LogP contribution >= 0.6 is 15.9 Å². The first kappa shape index (κ1) is 29.0. The summed E-state index contributed by atoms with van der Waals surface area (Å²) in [5.74, 6) is -0.202. The maximum Gasteiger partial charge on any atom is 0.248 e. The van der Waals surface area contributed by atoms with E-state index in [2.05, 4.69) is 41.3 Å². The van der Waals surface area contributed by atoms with Crippen molar-refractivity contribution in [2.75, 3.05) is 11.9 Å². The fourth-order valence-corrected chi connectivity index (χ4v) is 6.47. The van der Waals surface area contributed by atoms with Crippen molar-refractivity contribution in [2.24, 2.45) is 5.41 Å². The van der Waals surface area contributed by atoms with Gasteiger partial charge >= 0.3 is 0 Å². The number of carbonyl (C=O) groups excluding carboxylic acids is 3. The van der Waals surface area contributed by atoms with E-state index in [1.165, 1.54) is 16.5 Å². The number of nitrogens with one attached hydrogen (secondary N) is 1. The lowest BCUT2D eigenvalue weighted by Crippen LogP contribution is -2.47. The predicted octanol–water partition coefficient (Wildman–Crippen LogP) is 2.95. The van der Waals surface area contributed by atoms with Gasteiger partial charge in [0.05, 0.1) is 18.7 Å². The first-order valence-corrected chi connectivity index (χ1v) is 14.6. The maximum absolute atomic E-state index is 13.9. The number of anilines is 1. The molecule has 1 saturated carbocycles. The molecule has 1 aromatic carbocycles. The van der Waals surface area contributed by atoms with E-state index in [0.717, 1.165) is 16.7 Å². The van der Waals surface area contributed by atoms with Gasteiger partial charge in [0.2, 0.25) is 11.8 Å². The number of rotatable bonds is 8. The quantitative estimate of drug-likeness (QED) is 0.193. The highest BCUT2D eigenvalue weighted by molar-refractivity contribution is 9.10. The van der Waals surface area contributed by atoms with Gasteiger partial charge in [-0.15, -0.1) is 0 Å². The number of carbonyl (C=O) groups is 3. The second-order valence-corrected chi connectivity index (χ2v) is 12.1. The van der Waals surface area contributed by atoms with E-state index in [1.54, 1.807) is 31.5 Å². The van der Waals surface area contributed by atoms with Crippen LogP contribution in [0.3, 0.4) is 0 Å². The summed E-state index contributed by atoms with van der Waals surface area (Å²) >= 11 is 3.28. The Balaban J connectivity index is 1.33. The first-order valence-electron chi connectivity index (χ1n) is 13.9. The van der Waals surface area contributed by atoms with E-state index >= 15 is 0 Å². The van der Waals surface area contributed by atoms with Crippen molar-refractivity contribution in [2.45, 2.75) is 58.8 Å². The van der Waals surface area contributed by atoms with Crippen molar-refractivity contribution in [1.82, 2.24) is 29.6 Å². The lowest BCUT2D eigenvalue weighted by Gasteiger charge is -2.27. The highest BCUT2D eigenvalue weighted by atomic mass is 79.9. The fourth-order valence-electron chi connectivity index (χ4n) is 6.16. The molecule has 0 radical (unpaired) electrons. The molecule has 1 saturated heterocycles. The summed E-state index contributed by atoms with van der Waals surface area (Å²) in [4.78, 5) is 54.5. The zero-order valence-corrected chi connectivity index (χ0v) is 25.4. The highest BCUT2D eigenvalue weighted by Gasteiger charge is 2.67. The van der Waals surface area contributed by atoms with Crippen LogP contribution in [0.1, 0.15) is 47.2 Å². The average Bonchev–Trinajstić information content (AvgIpc) is 3.39. The topological polar surface area (TPSA) is 163 Å². The van der Waals surface area contributed by atoms with Gasteiger partial charge in [0.15, 0.2) is 5.78 Å². The van der Waals surface area contributed by atoms with E-state index < -0.39 is 17.4 Å². The molecule has 222 valence electrons. The minimum Gasteiger partial charge on any atom is -0.396 e. The molecule has 3 atom stereocenters. The van der Waals surface area contributed by atoms with E-state index in [-0.39, 0.29) is 49.0 Å². The molecule has 6 rings (SSSR count). The second-order valence-electron chi connectivity index (χ2n) is 11.3. The van der Waals surface area contributed by atoms with Gasteiger partial charge < -0.3 is 20.4 Å². The number of aliphatic hydroxyl groups excluding tert-OH is 2. The van der Waals surface area contributed by atoms with Crippen molar-refractivity contribution in [3.8, 4) is 11.1 Å². The van der Waals surface area contributed by atoms with Gasteiger partial charge in [-0.3, -0.25) is 19.1 Å². The Morgan fingerprint density at radius 3 is 2.51 bits per heavy atom. The number of nitrogens with zero attached hydrogens (tertiary/aromatic N) is 6. The number of piperidine rings is 1. The molecular weight excluding hydrogens is 618 g/mol. The molecule has 12 nitrogen and oxygen atoms in total. The Labute approximate surface area is 255 Å². The van der Waals surface area contributed by atoms with Gasteiger partial charge in [0.1, 0.15) is 34.5 Å². The molecule has 3 N–H and O–H groups in total. The molecule has 2 aliphatic rings. The van der Waals surface area contributed by atoms with Crippen LogP contribution in [0.5, 0.6) is 0 Å². The minimum absolute atomic E-state index is 0.147. The molecule has 43 heavy (non-hydrogen) atoms. The molecule has 4 heterocycles. The number of likely N-dealkylation sites (tertiary alicyclic amines) is 1. The Kier molecular flexibility index (Phi) is 7.35. The second kappa shape index (κ2) is 10.9. The van der Waals surface area contributed by atoms with Gasteiger partial charge in [-0.05, 0) is 71.9 Å². The molecule has 0 bridgehead atoms. The predicted molar refractivity (Wildman–Crippen MR) is 160 cm³/mol. The molecule has 1 aliphatic carbocycles. The number of ketones is 1. The van der Waals surface area contributed by atoms with E-state index in [0.29, 0.717) is 39.7 Å². The Morgan fingerprint density at radius 1 is 1.09 bits per heavy atom. The molecule has 0 unspecified atom stereocenters. The fraction of sp³-hybridized carbons (Fsp3) is 0.367. The Bertz CT molecular complexity index is 1790. The number of aliphatic hydroxyl groups is 2. The van der Waals surface area contributed by atoms with Crippen LogP contribution in [-0.2, 0) is 22.7 Å². The molecule has 4 aromatic rings. The summed E-state index contributed by atoms with van der Waals surface area (Å²) in [6.07, 6.45) is 4.33. The first-order chi connectivity index (χ1) is 20.5. The van der Waals surface area contributed by atoms with E-state index in [4.69, 9.17) is 0 Å². The zero-order chi connectivity index (χ0) is 30.6. The van der Waals surface area contributed by atoms with Crippen molar-refractivity contribution in [1.29, 1.82) is 0 Å². The Hall–Kier alpha value is -4.07. The number of benzene rings is 1. The summed E-state index contributed by atoms with van der Waals surface area (Å²) in [6, 6.07) is 5.95. The van der Waals surface area contributed by atoms with Crippen LogP contribution in [0.2, 0.25) is 0 Å². The third-order valence-corrected chi connectivity index (χ3v) is 8.89. The van der Waals surface area contributed by atoms with Crippen LogP contribution in [-0.4, -0.2) is 76.1 Å². The van der Waals surface area contributed by atoms with Crippen molar-refractivity contribution >= 4 is 50.2 Å². The number of aromatic nitrogens is 5. The SMILES string of the molecule is CC(=O)c1nn(CC(=O)N2[C@H](C(=O)Nc3nc(Br)ccc3CO)C[C@@]3(CO)C[C@@H]23)c2c(C)cc(-c3cnc(C)nc3)cc12. The van der Waals surface area contributed by atoms with Gasteiger partial charge in [0.25, 0.3) is 0 Å². The molecule has 2 amide bonds. The minimum atomic E-state index is -0.853. The highest BCUT2D eigenvalue weighted by Crippen LogP contribution is 2.59. The zero-order valence-electron chi connectivity index (χ0n) is 23.8. The van der Waals surface area contributed by atoms with Gasteiger partial charge in [0, 0.05) is 47.3 Å². The number of aryl methyl sites for hydroxylation is 2. The van der Waals surface area contributed by atoms with Crippen molar-refractivity contribution < 1.29 is 24.6 Å². The molecule has 2 fully saturated rings. The van der Waals surface area contributed by atoms with Gasteiger partial charge in [-0.25, -0.2) is 15.0 Å². The standard InChI is InChI=1S/C30H30BrN7O5/c1-15-6-19(20-10-32-17(3)33-11-20)7-21-26(16(2)41)36-37(27(15)21)12-25(42)38-22(8-30(14-40)9-23(30)38)29(43)35-28-18(13-39)4-5-24(31)34-28/h4-7,10-11,22-23,39-40H,8-9,12-14H2,1-3H3,(H,34,35,43)/t22-,23+,30-/m0/s1.